The van der Waals surface area contributed by atoms with Crippen LogP contribution in [0.1, 0.15) is 10.6 Å². The number of Topliss-reactive ketones (excluding diaryl/α,β-unsaturated/α-hetero) is 1. The Morgan fingerprint density at radius 3 is 2.62 bits per heavy atom. The number of ether oxygens (including phenoxy) is 1. The van der Waals surface area contributed by atoms with Crippen LogP contribution in [0.3, 0.4) is 0 Å². The predicted molar refractivity (Wildman–Crippen MR) is 33.4 cm³/mol. The lowest BCUT2D eigenvalue weighted by atomic mass is 10.3. The topological polar surface area (TPSA) is 52.3 Å². The quantitative estimate of drug-likeness (QED) is 0.669. The van der Waals surface area contributed by atoms with Gasteiger partial charge in [0.1, 0.15) is 0 Å². The van der Waals surface area contributed by atoms with Gasteiger partial charge < -0.3 is 9.26 Å². The van der Waals surface area contributed by atoms with Gasteiger partial charge in [0.2, 0.25) is 5.76 Å². The number of halogens is 3. The van der Waals surface area contributed by atoms with Crippen molar-refractivity contribution < 1.29 is 27.2 Å². The van der Waals surface area contributed by atoms with E-state index < -0.39 is 17.7 Å². The molecule has 13 heavy (non-hydrogen) atoms. The second-order valence-electron chi connectivity index (χ2n) is 2.06. The third-order valence-corrected chi connectivity index (χ3v) is 1.18. The summed E-state index contributed by atoms with van der Waals surface area (Å²) in [5, 5.41) is 3.05. The van der Waals surface area contributed by atoms with E-state index >= 15 is 0 Å². The maximum absolute atomic E-state index is 11.8. The van der Waals surface area contributed by atoms with E-state index in [2.05, 4.69) is 14.4 Å². The second-order valence-corrected chi connectivity index (χ2v) is 2.06. The molecule has 0 aliphatic carbocycles. The normalized spacial score (nSPS) is 11.4. The van der Waals surface area contributed by atoms with Crippen LogP contribution < -0.4 is 4.74 Å². The molecule has 1 rings (SSSR count). The number of aromatic nitrogens is 1. The van der Waals surface area contributed by atoms with E-state index in [9.17, 15) is 18.0 Å². The van der Waals surface area contributed by atoms with E-state index in [4.69, 9.17) is 0 Å². The first-order chi connectivity index (χ1) is 5.95. The van der Waals surface area contributed by atoms with E-state index in [1.165, 1.54) is 7.11 Å². The van der Waals surface area contributed by atoms with Crippen molar-refractivity contribution in [2.45, 2.75) is 6.18 Å². The number of nitrogens with zero attached hydrogens (tertiary/aromatic N) is 1. The Morgan fingerprint density at radius 1 is 1.62 bits per heavy atom. The predicted octanol–water partition coefficient (Wildman–Crippen LogP) is 1.43. The van der Waals surface area contributed by atoms with Crippen LogP contribution in [-0.2, 0) is 0 Å². The lowest BCUT2D eigenvalue weighted by Crippen LogP contribution is -2.22. The van der Waals surface area contributed by atoms with Gasteiger partial charge in [-0.2, -0.15) is 13.2 Å². The smallest absolute Gasteiger partial charge is 0.458 e. The number of alkyl halides is 3. The lowest BCUT2D eigenvalue weighted by Gasteiger charge is -1.99. The minimum absolute atomic E-state index is 0.174. The van der Waals surface area contributed by atoms with Gasteiger partial charge in [-0.15, -0.1) is 0 Å². The molecule has 1 aromatic heterocycles. The molecule has 0 saturated carbocycles. The average Bonchev–Trinajstić information content (AvgIpc) is 2.48. The minimum Gasteiger partial charge on any atom is -0.479 e. The highest BCUT2D eigenvalue weighted by atomic mass is 19.4. The molecule has 0 aliphatic heterocycles. The molecule has 0 fully saturated rings. The van der Waals surface area contributed by atoms with Gasteiger partial charge in [0.25, 0.3) is 5.88 Å². The van der Waals surface area contributed by atoms with Gasteiger partial charge in [-0.3, -0.25) is 4.79 Å². The van der Waals surface area contributed by atoms with Gasteiger partial charge in [-0.1, -0.05) is 0 Å². The molecule has 0 amide bonds. The van der Waals surface area contributed by atoms with Crippen molar-refractivity contribution in [1.82, 2.24) is 5.16 Å². The third-order valence-electron chi connectivity index (χ3n) is 1.18. The molecule has 1 heterocycles. The molecular weight excluding hydrogens is 191 g/mol. The molecule has 0 saturated heterocycles. The number of carbonyl (C=O) groups excluding carboxylic acids is 1. The van der Waals surface area contributed by atoms with E-state index in [0.717, 1.165) is 6.07 Å². The van der Waals surface area contributed by atoms with Crippen molar-refractivity contribution in [2.24, 2.45) is 0 Å². The number of carbonyl (C=O) groups is 1. The molecule has 0 bridgehead atoms. The maximum Gasteiger partial charge on any atom is 0.458 e. The van der Waals surface area contributed by atoms with Crippen LogP contribution in [0.4, 0.5) is 13.2 Å². The first kappa shape index (κ1) is 9.56. The fourth-order valence-electron chi connectivity index (χ4n) is 0.602. The molecule has 0 aromatic carbocycles. The van der Waals surface area contributed by atoms with Gasteiger partial charge in [0, 0.05) is 0 Å². The van der Waals surface area contributed by atoms with Crippen LogP contribution in [0.15, 0.2) is 10.6 Å². The Kier molecular flexibility index (Phi) is 2.26. The summed E-state index contributed by atoms with van der Waals surface area (Å²) in [4.78, 5) is 10.5. The third kappa shape index (κ3) is 1.98. The Hall–Kier alpha value is -1.53. The van der Waals surface area contributed by atoms with Gasteiger partial charge in [-0.05, 0) is 5.16 Å². The van der Waals surface area contributed by atoms with Crippen molar-refractivity contribution in [3.8, 4) is 5.88 Å². The summed E-state index contributed by atoms with van der Waals surface area (Å²) in [6.45, 7) is 0. The molecule has 4 nitrogen and oxygen atoms in total. The van der Waals surface area contributed by atoms with Crippen molar-refractivity contribution in [1.29, 1.82) is 0 Å². The number of hydrogen-bond donors (Lipinski definition) is 0. The minimum atomic E-state index is -4.95. The number of methoxy groups -OCH3 is 1. The highest BCUT2D eigenvalue weighted by molar-refractivity contribution is 5.97. The molecule has 7 heteroatoms. The first-order valence-electron chi connectivity index (χ1n) is 3.07. The summed E-state index contributed by atoms with van der Waals surface area (Å²) in [7, 11) is 1.19. The van der Waals surface area contributed by atoms with E-state index in [1.807, 2.05) is 0 Å². The highest BCUT2D eigenvalue weighted by Crippen LogP contribution is 2.23. The Labute approximate surface area is 70.3 Å². The monoisotopic (exact) mass is 195 g/mol. The Balaban J connectivity index is 2.90. The van der Waals surface area contributed by atoms with E-state index in [1.54, 1.807) is 0 Å². The molecule has 0 unspecified atom stereocenters. The molecule has 0 N–H and O–H groups in total. The first-order valence-corrected chi connectivity index (χ1v) is 3.07. The molecular formula is C6H4F3NO3. The summed E-state index contributed by atoms with van der Waals surface area (Å²) < 4.78 is 43.8. The summed E-state index contributed by atoms with van der Waals surface area (Å²) in [6.07, 6.45) is -4.95. The zero-order valence-corrected chi connectivity index (χ0v) is 6.38. The van der Waals surface area contributed by atoms with Crippen LogP contribution in [0, 0.1) is 0 Å². The zero-order valence-electron chi connectivity index (χ0n) is 6.38. The van der Waals surface area contributed by atoms with Crippen LogP contribution in [-0.4, -0.2) is 24.2 Å². The van der Waals surface area contributed by atoms with Crippen molar-refractivity contribution in [3.05, 3.63) is 11.8 Å². The number of rotatable bonds is 2. The van der Waals surface area contributed by atoms with Gasteiger partial charge in [0.05, 0.1) is 13.2 Å². The largest absolute Gasteiger partial charge is 0.479 e. The Bertz CT molecular complexity index is 317. The molecule has 0 radical (unpaired) electrons. The van der Waals surface area contributed by atoms with Crippen LogP contribution in [0.25, 0.3) is 0 Å². The standard InChI is InChI=1S/C6H4F3NO3/c1-12-4-2-3(13-10-4)5(11)6(7,8)9/h2H,1H3. The fraction of sp³-hybridized carbons (Fsp3) is 0.333. The van der Waals surface area contributed by atoms with Gasteiger partial charge >= 0.3 is 12.0 Å². The molecule has 1 aromatic rings. The maximum atomic E-state index is 11.8. The summed E-state index contributed by atoms with van der Waals surface area (Å²) in [6, 6.07) is 0.774. The molecule has 72 valence electrons. The lowest BCUT2D eigenvalue weighted by molar-refractivity contribution is -0.0902. The highest BCUT2D eigenvalue weighted by Gasteiger charge is 2.42. The summed E-state index contributed by atoms with van der Waals surface area (Å²) in [5.41, 5.74) is 0. The van der Waals surface area contributed by atoms with E-state index in [0.29, 0.717) is 0 Å². The Morgan fingerprint density at radius 2 is 2.23 bits per heavy atom. The average molecular weight is 195 g/mol. The molecule has 0 atom stereocenters. The van der Waals surface area contributed by atoms with E-state index in [-0.39, 0.29) is 5.88 Å². The molecule has 0 aliphatic rings. The SMILES string of the molecule is COc1cc(C(=O)C(F)(F)F)on1. The summed E-state index contributed by atoms with van der Waals surface area (Å²) >= 11 is 0. The van der Waals surface area contributed by atoms with Gasteiger partial charge in [-0.25, -0.2) is 0 Å². The fourth-order valence-corrected chi connectivity index (χ4v) is 0.602. The van der Waals surface area contributed by atoms with Crippen LogP contribution in [0.2, 0.25) is 0 Å². The number of ketones is 1. The van der Waals surface area contributed by atoms with Crippen molar-refractivity contribution in [3.63, 3.8) is 0 Å². The van der Waals surface area contributed by atoms with Crippen LogP contribution >= 0.6 is 0 Å². The second kappa shape index (κ2) is 3.08. The number of hydrogen-bond acceptors (Lipinski definition) is 4. The zero-order chi connectivity index (χ0) is 10.1. The van der Waals surface area contributed by atoms with Crippen LogP contribution in [0.5, 0.6) is 5.88 Å². The molecule has 0 spiro atoms. The summed E-state index contributed by atoms with van der Waals surface area (Å²) in [5.74, 6) is -3.14. The van der Waals surface area contributed by atoms with Crippen molar-refractivity contribution in [2.75, 3.05) is 7.11 Å². The van der Waals surface area contributed by atoms with Crippen molar-refractivity contribution >= 4 is 5.78 Å². The van der Waals surface area contributed by atoms with Gasteiger partial charge in [0.15, 0.2) is 0 Å².